The Morgan fingerprint density at radius 2 is 2.06 bits per heavy atom. The molecule has 3 rings (SSSR count). The summed E-state index contributed by atoms with van der Waals surface area (Å²) in [7, 11) is 1.80. The van der Waals surface area contributed by atoms with E-state index in [1.807, 2.05) is 30.3 Å². The van der Waals surface area contributed by atoms with Crippen LogP contribution in [0.3, 0.4) is 0 Å². The normalized spacial score (nSPS) is 35.6. The molecule has 0 radical (unpaired) electrons. The van der Waals surface area contributed by atoms with Crippen molar-refractivity contribution >= 4 is 5.97 Å². The highest BCUT2D eigenvalue weighted by Gasteiger charge is 2.56. The first kappa shape index (κ1) is 11.6. The van der Waals surface area contributed by atoms with Crippen LogP contribution in [0.5, 0.6) is 0 Å². The molecule has 2 heterocycles. The molecule has 2 fully saturated rings. The minimum atomic E-state index is -0.557. The van der Waals surface area contributed by atoms with Gasteiger partial charge in [0.1, 0.15) is 12.0 Å². The van der Waals surface area contributed by atoms with Gasteiger partial charge in [0.2, 0.25) is 0 Å². The Labute approximate surface area is 105 Å². The molecule has 1 N–H and O–H groups in total. The molecule has 2 aliphatic heterocycles. The van der Waals surface area contributed by atoms with Gasteiger partial charge in [-0.15, -0.1) is 0 Å². The summed E-state index contributed by atoms with van der Waals surface area (Å²) in [6.45, 7) is -0.206. The standard InChI is InChI=1S/C13H15NO4/c1-14-11(8-5-3-2-4-6-8)10-12(18-14)9(7-15)17-13(10)16/h2-6,9-12,15H,7H2,1H3/t9-,10?,11+,12-/m1/s1. The van der Waals surface area contributed by atoms with E-state index in [-0.39, 0.29) is 24.5 Å². The third-order valence-electron chi connectivity index (χ3n) is 3.60. The minimum absolute atomic E-state index is 0.153. The van der Waals surface area contributed by atoms with Crippen LogP contribution in [0.4, 0.5) is 0 Å². The van der Waals surface area contributed by atoms with Crippen LogP contribution in [0.2, 0.25) is 0 Å². The number of cyclic esters (lactones) is 1. The summed E-state index contributed by atoms with van der Waals surface area (Å²) in [6, 6.07) is 9.57. The van der Waals surface area contributed by atoms with Crippen molar-refractivity contribution in [2.24, 2.45) is 5.92 Å². The van der Waals surface area contributed by atoms with Gasteiger partial charge >= 0.3 is 5.97 Å². The second kappa shape index (κ2) is 4.35. The van der Waals surface area contributed by atoms with Crippen LogP contribution < -0.4 is 0 Å². The molecule has 4 atom stereocenters. The van der Waals surface area contributed by atoms with Crippen molar-refractivity contribution in [3.05, 3.63) is 35.9 Å². The van der Waals surface area contributed by atoms with Crippen LogP contribution in [0.15, 0.2) is 30.3 Å². The fraction of sp³-hybridized carbons (Fsp3) is 0.462. The molecule has 0 bridgehead atoms. The van der Waals surface area contributed by atoms with Crippen molar-refractivity contribution < 1.29 is 19.5 Å². The fourth-order valence-corrected chi connectivity index (χ4v) is 2.79. The Kier molecular flexibility index (Phi) is 2.81. The molecule has 5 nitrogen and oxygen atoms in total. The van der Waals surface area contributed by atoms with Crippen molar-refractivity contribution in [3.8, 4) is 0 Å². The van der Waals surface area contributed by atoms with Crippen LogP contribution in [-0.2, 0) is 14.4 Å². The van der Waals surface area contributed by atoms with E-state index in [2.05, 4.69) is 0 Å². The number of ether oxygens (including phenoxy) is 1. The molecule has 0 aromatic heterocycles. The number of aliphatic hydroxyl groups is 1. The smallest absolute Gasteiger partial charge is 0.314 e. The summed E-state index contributed by atoms with van der Waals surface area (Å²) in [4.78, 5) is 17.6. The van der Waals surface area contributed by atoms with Crippen molar-refractivity contribution in [2.75, 3.05) is 13.7 Å². The lowest BCUT2D eigenvalue weighted by atomic mass is 9.90. The number of hydroxylamine groups is 2. The van der Waals surface area contributed by atoms with Gasteiger partial charge in [-0.2, -0.15) is 5.06 Å². The fourth-order valence-electron chi connectivity index (χ4n) is 2.79. The van der Waals surface area contributed by atoms with E-state index >= 15 is 0 Å². The minimum Gasteiger partial charge on any atom is -0.457 e. The number of aliphatic hydroxyl groups excluding tert-OH is 1. The second-order valence-electron chi connectivity index (χ2n) is 4.66. The molecule has 96 valence electrons. The largest absolute Gasteiger partial charge is 0.457 e. The van der Waals surface area contributed by atoms with Gasteiger partial charge in [0.05, 0.1) is 12.6 Å². The predicted molar refractivity (Wildman–Crippen MR) is 62.3 cm³/mol. The number of benzene rings is 1. The molecule has 1 aromatic carbocycles. The molecule has 0 amide bonds. The zero-order chi connectivity index (χ0) is 12.7. The zero-order valence-corrected chi connectivity index (χ0v) is 10.0. The molecular weight excluding hydrogens is 234 g/mol. The monoisotopic (exact) mass is 249 g/mol. The van der Waals surface area contributed by atoms with E-state index in [1.54, 1.807) is 12.1 Å². The van der Waals surface area contributed by atoms with Crippen molar-refractivity contribution in [2.45, 2.75) is 18.2 Å². The number of hydrogen-bond donors (Lipinski definition) is 1. The summed E-state index contributed by atoms with van der Waals surface area (Å²) in [6.07, 6.45) is -0.948. The molecule has 2 aliphatic rings. The maximum absolute atomic E-state index is 11.9. The lowest BCUT2D eigenvalue weighted by Crippen LogP contribution is -2.29. The molecule has 0 saturated carbocycles. The van der Waals surface area contributed by atoms with Crippen LogP contribution in [-0.4, -0.2) is 42.0 Å². The Morgan fingerprint density at radius 3 is 2.72 bits per heavy atom. The van der Waals surface area contributed by atoms with Crippen LogP contribution in [0, 0.1) is 5.92 Å². The first-order chi connectivity index (χ1) is 8.72. The summed E-state index contributed by atoms with van der Waals surface area (Å²) in [5.74, 6) is -0.660. The summed E-state index contributed by atoms with van der Waals surface area (Å²) < 4.78 is 5.14. The summed E-state index contributed by atoms with van der Waals surface area (Å²) in [5, 5.41) is 10.9. The number of nitrogens with zero attached hydrogens (tertiary/aromatic N) is 1. The zero-order valence-electron chi connectivity index (χ0n) is 10.0. The summed E-state index contributed by atoms with van der Waals surface area (Å²) in [5.41, 5.74) is 1.02. The topological polar surface area (TPSA) is 59.0 Å². The van der Waals surface area contributed by atoms with Gasteiger partial charge in [0.15, 0.2) is 6.10 Å². The number of carbonyl (C=O) groups excluding carboxylic acids is 1. The van der Waals surface area contributed by atoms with Gasteiger partial charge in [-0.05, 0) is 5.56 Å². The quantitative estimate of drug-likeness (QED) is 0.774. The second-order valence-corrected chi connectivity index (χ2v) is 4.66. The van der Waals surface area contributed by atoms with Crippen LogP contribution in [0.25, 0.3) is 0 Å². The van der Waals surface area contributed by atoms with Gasteiger partial charge in [-0.1, -0.05) is 30.3 Å². The van der Waals surface area contributed by atoms with Crippen molar-refractivity contribution in [1.29, 1.82) is 0 Å². The number of fused-ring (bicyclic) bond motifs is 1. The number of hydrogen-bond acceptors (Lipinski definition) is 5. The van der Waals surface area contributed by atoms with Gasteiger partial charge in [-0.3, -0.25) is 9.63 Å². The highest BCUT2D eigenvalue weighted by atomic mass is 16.7. The predicted octanol–water partition coefficient (Wildman–Crippen LogP) is 0.507. The molecule has 0 aliphatic carbocycles. The van der Waals surface area contributed by atoms with E-state index in [9.17, 15) is 9.90 Å². The number of carbonyl (C=O) groups is 1. The Hall–Kier alpha value is -1.43. The van der Waals surface area contributed by atoms with Crippen LogP contribution >= 0.6 is 0 Å². The van der Waals surface area contributed by atoms with E-state index < -0.39 is 12.2 Å². The van der Waals surface area contributed by atoms with Gasteiger partial charge < -0.3 is 9.84 Å². The molecule has 1 aromatic rings. The molecule has 2 saturated heterocycles. The number of esters is 1. The van der Waals surface area contributed by atoms with Crippen molar-refractivity contribution in [1.82, 2.24) is 5.06 Å². The first-order valence-electron chi connectivity index (χ1n) is 5.98. The molecule has 0 spiro atoms. The maximum Gasteiger partial charge on any atom is 0.314 e. The third-order valence-corrected chi connectivity index (χ3v) is 3.60. The third kappa shape index (κ3) is 1.63. The molecule has 18 heavy (non-hydrogen) atoms. The summed E-state index contributed by atoms with van der Waals surface area (Å²) >= 11 is 0. The molecule has 5 heteroatoms. The van der Waals surface area contributed by atoms with Crippen molar-refractivity contribution in [3.63, 3.8) is 0 Å². The average molecular weight is 249 g/mol. The van der Waals surface area contributed by atoms with Gasteiger partial charge in [0.25, 0.3) is 0 Å². The van der Waals surface area contributed by atoms with E-state index in [0.717, 1.165) is 5.56 Å². The Bertz CT molecular complexity index is 450. The lowest BCUT2D eigenvalue weighted by Gasteiger charge is -2.21. The first-order valence-corrected chi connectivity index (χ1v) is 5.98. The Morgan fingerprint density at radius 1 is 1.33 bits per heavy atom. The number of rotatable bonds is 2. The molecular formula is C13H15NO4. The van der Waals surface area contributed by atoms with Crippen LogP contribution in [0.1, 0.15) is 11.6 Å². The van der Waals surface area contributed by atoms with E-state index in [4.69, 9.17) is 9.57 Å². The van der Waals surface area contributed by atoms with Gasteiger partial charge in [-0.25, -0.2) is 0 Å². The maximum atomic E-state index is 11.9. The van der Waals surface area contributed by atoms with E-state index in [1.165, 1.54) is 0 Å². The molecule has 1 unspecified atom stereocenters. The Balaban J connectivity index is 1.94. The lowest BCUT2D eigenvalue weighted by molar-refractivity contribution is -0.180. The van der Waals surface area contributed by atoms with E-state index in [0.29, 0.717) is 0 Å². The highest BCUT2D eigenvalue weighted by Crippen LogP contribution is 2.44. The van der Waals surface area contributed by atoms with Gasteiger partial charge in [0, 0.05) is 7.05 Å². The SMILES string of the molecule is CN1O[C@H]2C(C(=O)O[C@@H]2CO)[C@@H]1c1ccccc1. The average Bonchev–Trinajstić information content (AvgIpc) is 2.87. The highest BCUT2D eigenvalue weighted by molar-refractivity contribution is 5.77.